The highest BCUT2D eigenvalue weighted by molar-refractivity contribution is 6.71. The van der Waals surface area contributed by atoms with Crippen LogP contribution in [0.2, 0.25) is 0 Å². The van der Waals surface area contributed by atoms with Gasteiger partial charge >= 0.3 is 6.75 Å². The maximum absolute atomic E-state index is 14.1. The van der Waals surface area contributed by atoms with Crippen molar-refractivity contribution < 1.29 is 213 Å². The molecule has 44 nitrogen and oxygen atoms in total. The Labute approximate surface area is 563 Å². The zero-order valence-electron chi connectivity index (χ0n) is 52.2. The van der Waals surface area contributed by atoms with Gasteiger partial charge in [-0.25, -0.2) is 0 Å². The molecule has 30 aliphatic rings. The van der Waals surface area contributed by atoms with Gasteiger partial charge in [-0.1, -0.05) is 24.3 Å². The summed E-state index contributed by atoms with van der Waals surface area (Å²) in [5.74, 6) is -1.15. The van der Waals surface area contributed by atoms with Crippen molar-refractivity contribution >= 4 is 18.1 Å². The Bertz CT molecular complexity index is 2720. The predicted molar refractivity (Wildman–Crippen MR) is 305 cm³/mol. The zero-order chi connectivity index (χ0) is 72.8. The van der Waals surface area contributed by atoms with E-state index in [-0.39, 0.29) is 5.56 Å². The highest BCUT2D eigenvalue weighted by atomic mass is 16.8. The van der Waals surface area contributed by atoms with Crippen LogP contribution in [0, 0.1) is 0 Å². The van der Waals surface area contributed by atoms with E-state index in [1.54, 1.807) is 0 Å². The van der Waals surface area contributed by atoms with Crippen molar-refractivity contribution in [3.05, 3.63) is 29.8 Å². The van der Waals surface area contributed by atoms with Crippen molar-refractivity contribution in [2.45, 2.75) is 246 Å². The lowest BCUT2D eigenvalue weighted by atomic mass is 9.71. The van der Waals surface area contributed by atoms with Crippen molar-refractivity contribution in [3.8, 4) is 0 Å². The third-order valence-electron chi connectivity index (χ3n) is 18.8. The van der Waals surface area contributed by atoms with E-state index in [0.29, 0.717) is 0 Å². The molecule has 1 amide bonds. The highest BCUT2D eigenvalue weighted by Gasteiger charge is 2.61. The van der Waals surface area contributed by atoms with Gasteiger partial charge in [-0.3, -0.25) is 4.79 Å². The van der Waals surface area contributed by atoms with Crippen molar-refractivity contribution in [1.82, 2.24) is 5.32 Å². The van der Waals surface area contributed by atoms with Crippen LogP contribution in [0.15, 0.2) is 24.3 Å². The van der Waals surface area contributed by atoms with Crippen LogP contribution in [0.25, 0.3) is 0 Å². The van der Waals surface area contributed by atoms with E-state index in [1.807, 2.05) is 0 Å². The van der Waals surface area contributed by atoms with Crippen molar-refractivity contribution in [2.75, 3.05) is 52.9 Å². The maximum atomic E-state index is 14.1. The molecule has 0 saturated carbocycles. The van der Waals surface area contributed by atoms with Gasteiger partial charge in [0, 0.05) is 5.56 Å². The van der Waals surface area contributed by atoms with Gasteiger partial charge in [0.05, 0.1) is 58.9 Å². The average Bonchev–Trinajstić information content (AvgIpc) is 0.781. The van der Waals surface area contributed by atoms with Gasteiger partial charge in [0.15, 0.2) is 50.3 Å². The normalized spacial score (nSPS) is 50.2. The van der Waals surface area contributed by atoms with Gasteiger partial charge in [0.25, 0.3) is 5.91 Å². The first-order chi connectivity index (χ1) is 47.5. The minimum absolute atomic E-state index is 0.331. The number of aliphatic hydroxyl groups excluding tert-OH is 23. The summed E-state index contributed by atoms with van der Waals surface area (Å²) in [6, 6.07) is 1.81. The molecule has 30 aliphatic heterocycles. The number of hydrogen-bond acceptors (Lipinski definition) is 43. The van der Waals surface area contributed by atoms with Crippen molar-refractivity contribution in [2.24, 2.45) is 0 Å². The van der Waals surface area contributed by atoms with Crippen LogP contribution in [-0.2, 0) is 75.8 Å². The van der Waals surface area contributed by atoms with E-state index in [9.17, 15) is 137 Å². The van der Waals surface area contributed by atoms with Gasteiger partial charge in [-0.2, -0.15) is 0 Å². The first-order valence-corrected chi connectivity index (χ1v) is 31.8. The van der Waals surface area contributed by atoms with Gasteiger partial charge in [0.2, 0.25) is 0 Å². The van der Waals surface area contributed by atoms with Crippen LogP contribution < -0.4 is 10.8 Å². The largest absolute Gasteiger partial charge is 0.556 e. The number of carbonyl (C=O) groups is 1. The second-order valence-electron chi connectivity index (χ2n) is 25.3. The van der Waals surface area contributed by atoms with Crippen LogP contribution in [-0.4, -0.2) is 444 Å². The average molecular weight is 1460 g/mol. The molecular weight excluding hydrogens is 1370 g/mol. The molecule has 0 radical (unpaired) electrons. The Morgan fingerprint density at radius 1 is 0.270 bits per heavy atom. The summed E-state index contributed by atoms with van der Waals surface area (Å²) in [6.45, 7) is -13.1. The molecular formula is C55H87BNO43-. The van der Waals surface area contributed by atoms with E-state index >= 15 is 0 Å². The number of aliphatic hydroxyl groups is 23. The van der Waals surface area contributed by atoms with E-state index in [2.05, 4.69) is 5.32 Å². The van der Waals surface area contributed by atoms with Gasteiger partial charge < -0.3 is 214 Å². The van der Waals surface area contributed by atoms with E-state index in [1.165, 1.54) is 0 Å². The molecule has 0 aromatic heterocycles. The molecule has 574 valence electrons. The summed E-state index contributed by atoms with van der Waals surface area (Å²) in [5.41, 5.74) is -0.800. The summed E-state index contributed by atoms with van der Waals surface area (Å²) in [4.78, 5) is 14.1. The minimum atomic E-state index is -4.08. The van der Waals surface area contributed by atoms with E-state index < -0.39 is 317 Å². The van der Waals surface area contributed by atoms with E-state index in [4.69, 9.17) is 75.8 Å². The van der Waals surface area contributed by atoms with Gasteiger partial charge in [-0.05, 0) is 0 Å². The molecule has 27 N–H and O–H groups in total. The zero-order valence-corrected chi connectivity index (χ0v) is 52.2. The molecule has 0 aliphatic carbocycles. The molecule has 0 spiro atoms. The van der Waals surface area contributed by atoms with Crippen LogP contribution >= 0.6 is 0 Å². The molecule has 30 saturated heterocycles. The van der Waals surface area contributed by atoms with Crippen LogP contribution in [0.3, 0.4) is 0 Å². The van der Waals surface area contributed by atoms with Crippen LogP contribution in [0.5, 0.6) is 0 Å². The Morgan fingerprint density at radius 3 is 0.640 bits per heavy atom. The number of hydrogen-bond donors (Lipinski definition) is 27. The summed E-state index contributed by atoms with van der Waals surface area (Å²) in [6.07, 6.45) is -82.3. The second kappa shape index (κ2) is 33.5. The number of carbonyl (C=O) groups excluding carboxylic acids is 1. The number of nitrogens with one attached hydrogen (secondary N) is 1. The quantitative estimate of drug-likeness (QED) is 0.0915. The molecule has 30 heterocycles. The molecule has 1 aromatic rings. The fourth-order valence-electron chi connectivity index (χ4n) is 13.2. The summed E-state index contributed by atoms with van der Waals surface area (Å²) < 4.78 is 92.5. The molecule has 30 fully saturated rings. The maximum Gasteiger partial charge on any atom is 0.402 e. The SMILES string of the molecule is O=C(N[C@@H]1[C@@H](O)[C@H]2O[C@H]3[C@H](O)[C@@H](O)[C@@H](O[C@H]4[C@H](O)[C@@H](O)[C@@H](O[C@H]5[C@H](O)[C@@H](O)[C@@H](O[C@H]6[C@H](O)[C@@H](O)[C@@H](O[C@H]7[C@H](O)[C@@H](O)[C@@H](O[C@H]8[C@H](O)[C@@H](O)[C@@H](O[C@H]9[C@H](O)[C@@H](O)[C@@H](O[C@@H]1[C@@H](CO)O2)O[C@@H]9CO)O[C@@H]8CO)O[C@@H]7CO)O[C@@H]6CO)O[C@@H]5CO)O[C@@H]4CO)O[C@@H]3CO)c1ccc([B-](O)(O)O)cc1. The molecule has 40 atom stereocenters. The number of rotatable bonds is 11. The topological polar surface area (TPSA) is 703 Å². The third-order valence-corrected chi connectivity index (χ3v) is 18.8. The molecule has 1 aromatic carbocycles. The van der Waals surface area contributed by atoms with E-state index in [0.717, 1.165) is 24.3 Å². The second-order valence-corrected chi connectivity index (χ2v) is 25.3. The standard InChI is InChI=1S/C55H87BNO43/c58-5-15-39-23(57-47(81)13-1-3-14(4-2-13)56(82,83)84)24(66)48(85-15)94-40-16(6-59)87-50(33(75)26(40)68)96-42-18(8-61)89-52(35(77)28(42)70)98-44-20(10-63)91-54(37(79)30(44)72)100-46-22(12-65)92-55(38(80)31(46)73)99-45-21(11-64)90-53(36(78)29(45)71)97-43-19(9-62)88-51(34(76)27(43)69)95-41-17(7-60)86-49(93-39)32(74)25(41)67/h1-4,15-46,48-55,58-80,82-84H,5-12H2,(H,57,81)/q-1/t15-,16-,17-,18-,19-,20-,21-,22-,23-,24-,25-,26-,27-,28-,29-,30-,31-,32-,33-,34-,35-,36-,37-,38-,39-,40-,41-,42-,43-,44-,45-,46-,48-,49-,50-,51-,52-,53-,54-,55-/m1/s1. The third kappa shape index (κ3) is 16.0. The molecule has 16 bridgehead atoms. The Balaban J connectivity index is 0.948. The van der Waals surface area contributed by atoms with Gasteiger partial charge in [0.1, 0.15) is 189 Å². The smallest absolute Gasteiger partial charge is 0.402 e. The fraction of sp³-hybridized carbons (Fsp3) is 0.873. The van der Waals surface area contributed by atoms with Crippen molar-refractivity contribution in [3.63, 3.8) is 0 Å². The summed E-state index contributed by atoms with van der Waals surface area (Å²) >= 11 is 0. The van der Waals surface area contributed by atoms with Gasteiger partial charge in [-0.15, -0.1) is 5.46 Å². The van der Waals surface area contributed by atoms with Crippen LogP contribution in [0.1, 0.15) is 10.4 Å². The fourth-order valence-corrected chi connectivity index (χ4v) is 13.2. The molecule has 31 rings (SSSR count). The molecule has 0 unspecified atom stereocenters. The van der Waals surface area contributed by atoms with Crippen molar-refractivity contribution in [1.29, 1.82) is 0 Å². The predicted octanol–water partition coefficient (Wildman–Crippen LogP) is -18.8. The number of benzene rings is 1. The molecule has 45 heteroatoms. The Kier molecular flexibility index (Phi) is 26.7. The lowest BCUT2D eigenvalue weighted by molar-refractivity contribution is -0.402. The summed E-state index contributed by atoms with van der Waals surface area (Å²) in [7, 11) is 0. The lowest BCUT2D eigenvalue weighted by Crippen LogP contribution is -2.70. The minimum Gasteiger partial charge on any atom is -0.556 e. The molecule has 100 heavy (non-hydrogen) atoms. The Hall–Kier alpha value is -2.93. The highest BCUT2D eigenvalue weighted by Crippen LogP contribution is 2.40. The monoisotopic (exact) mass is 1460 g/mol. The Morgan fingerprint density at radius 2 is 0.450 bits per heavy atom. The lowest BCUT2D eigenvalue weighted by Gasteiger charge is -2.51. The van der Waals surface area contributed by atoms with Crippen LogP contribution in [0.4, 0.5) is 0 Å². The summed E-state index contributed by atoms with van der Waals surface area (Å²) in [5, 5.41) is 290. The first kappa shape index (κ1) is 79.6. The number of amides is 1. The first-order valence-electron chi connectivity index (χ1n) is 31.8. The number of ether oxygens (including phenoxy) is 16.